The summed E-state index contributed by atoms with van der Waals surface area (Å²) in [6.07, 6.45) is 6.43. The normalized spacial score (nSPS) is 23.0. The molecule has 2 saturated heterocycles. The molecule has 10 heteroatoms. The van der Waals surface area contributed by atoms with Gasteiger partial charge < -0.3 is 10.1 Å². The van der Waals surface area contributed by atoms with Crippen LogP contribution in [0.3, 0.4) is 0 Å². The van der Waals surface area contributed by atoms with Gasteiger partial charge in [-0.05, 0) is 49.8 Å². The number of carbonyl (C=O) groups excluding carboxylic acids is 1. The Bertz CT molecular complexity index is 1380. The quantitative estimate of drug-likeness (QED) is 0.501. The highest BCUT2D eigenvalue weighted by Gasteiger charge is 2.43. The number of hydrogen-bond acceptors (Lipinski definition) is 6. The third-order valence-corrected chi connectivity index (χ3v) is 10.1. The Morgan fingerprint density at radius 2 is 1.89 bits per heavy atom. The minimum atomic E-state index is -3.70. The predicted octanol–water partition coefficient (Wildman–Crippen LogP) is 4.36. The van der Waals surface area contributed by atoms with Crippen LogP contribution in [0.15, 0.2) is 67.1 Å². The fraction of sp³-hybridized carbons (Fsp3) is 0.393. The third kappa shape index (κ3) is 5.08. The van der Waals surface area contributed by atoms with Gasteiger partial charge in [0.1, 0.15) is 11.1 Å². The molecule has 0 unspecified atom stereocenters. The summed E-state index contributed by atoms with van der Waals surface area (Å²) in [4.78, 5) is 21.6. The summed E-state index contributed by atoms with van der Waals surface area (Å²) in [5.74, 6) is -0.519. The van der Waals surface area contributed by atoms with Crippen LogP contribution in [0.2, 0.25) is 0 Å². The van der Waals surface area contributed by atoms with Crippen molar-refractivity contribution in [2.45, 2.75) is 55.9 Å². The average molecular weight is 539 g/mol. The van der Waals surface area contributed by atoms with Crippen LogP contribution in [-0.4, -0.2) is 47.9 Å². The summed E-state index contributed by atoms with van der Waals surface area (Å²) in [6.45, 7) is 2.52. The molecule has 2 aromatic carbocycles. The van der Waals surface area contributed by atoms with Gasteiger partial charge in [-0.1, -0.05) is 42.5 Å². The summed E-state index contributed by atoms with van der Waals surface area (Å²) in [7, 11) is -3.70. The highest BCUT2D eigenvalue weighted by molar-refractivity contribution is 7.89. The maximum atomic E-state index is 15.6. The molecule has 2 fully saturated rings. The van der Waals surface area contributed by atoms with E-state index in [4.69, 9.17) is 4.74 Å². The average Bonchev–Trinajstić information content (AvgIpc) is 2.93. The van der Waals surface area contributed by atoms with Crippen molar-refractivity contribution in [2.75, 3.05) is 18.5 Å². The van der Waals surface area contributed by atoms with E-state index in [0.29, 0.717) is 50.3 Å². The third-order valence-electron chi connectivity index (χ3n) is 7.71. The Kier molecular flexibility index (Phi) is 7.56. The molecule has 1 amide bonds. The largest absolute Gasteiger partial charge is 0.381 e. The van der Waals surface area contributed by atoms with Gasteiger partial charge in [-0.2, -0.15) is 4.31 Å². The molecule has 200 valence electrons. The second-order valence-corrected chi connectivity index (χ2v) is 12.0. The van der Waals surface area contributed by atoms with E-state index in [9.17, 15) is 13.2 Å². The lowest BCUT2D eigenvalue weighted by Gasteiger charge is -2.38. The van der Waals surface area contributed by atoms with E-state index < -0.39 is 26.5 Å². The molecule has 0 bridgehead atoms. The van der Waals surface area contributed by atoms with E-state index in [1.807, 2.05) is 37.3 Å². The van der Waals surface area contributed by atoms with Crippen molar-refractivity contribution in [3.05, 3.63) is 89.6 Å². The monoisotopic (exact) mass is 538 g/mol. The molecule has 0 spiro atoms. The molecule has 0 aliphatic carbocycles. The molecular formula is C28H31FN4O4S. The first-order chi connectivity index (χ1) is 18.3. The molecule has 0 saturated carbocycles. The first-order valence-corrected chi connectivity index (χ1v) is 14.3. The van der Waals surface area contributed by atoms with Crippen LogP contribution in [0, 0.1) is 5.82 Å². The van der Waals surface area contributed by atoms with Crippen molar-refractivity contribution in [3.8, 4) is 0 Å². The molecule has 3 aromatic rings. The molecule has 5 rings (SSSR count). The Balaban J connectivity index is 1.42. The van der Waals surface area contributed by atoms with E-state index >= 15 is 4.39 Å². The number of carbonyl (C=O) groups is 1. The number of anilines is 1. The van der Waals surface area contributed by atoms with Crippen molar-refractivity contribution in [3.63, 3.8) is 0 Å². The van der Waals surface area contributed by atoms with Crippen LogP contribution in [0.5, 0.6) is 0 Å². The van der Waals surface area contributed by atoms with E-state index in [-0.39, 0.29) is 24.1 Å². The molecule has 0 radical (unpaired) electrons. The molecule has 2 aliphatic rings. The van der Waals surface area contributed by atoms with E-state index in [2.05, 4.69) is 15.3 Å². The number of nitrogens with zero attached hydrogens (tertiary/aromatic N) is 3. The SMILES string of the molecule is C[C@@H]1CC[C@@H](c2ccccc2)S(=O)(=O)N1Cc1ccc(C2(C(=O)Nc3cnccn3)CCOCC2)cc1F. The Hall–Kier alpha value is -3.21. The van der Waals surface area contributed by atoms with Gasteiger partial charge in [-0.15, -0.1) is 0 Å². The molecule has 2 aliphatic heterocycles. The van der Waals surface area contributed by atoms with Gasteiger partial charge in [-0.25, -0.2) is 17.8 Å². The fourth-order valence-corrected chi connectivity index (χ4v) is 7.65. The molecule has 38 heavy (non-hydrogen) atoms. The van der Waals surface area contributed by atoms with Crippen LogP contribution >= 0.6 is 0 Å². The van der Waals surface area contributed by atoms with Gasteiger partial charge >= 0.3 is 0 Å². The first kappa shape index (κ1) is 26.4. The minimum absolute atomic E-state index is 0.0686. The van der Waals surface area contributed by atoms with Crippen molar-refractivity contribution in [2.24, 2.45) is 0 Å². The van der Waals surface area contributed by atoms with Gasteiger partial charge in [0.15, 0.2) is 5.82 Å². The van der Waals surface area contributed by atoms with Gasteiger partial charge in [-0.3, -0.25) is 9.78 Å². The smallest absolute Gasteiger partial charge is 0.236 e. The Labute approximate surface area is 222 Å². The van der Waals surface area contributed by atoms with Crippen LogP contribution < -0.4 is 5.32 Å². The van der Waals surface area contributed by atoms with Crippen LogP contribution in [0.25, 0.3) is 0 Å². The molecule has 1 N–H and O–H groups in total. The lowest BCUT2D eigenvalue weighted by atomic mass is 9.73. The van der Waals surface area contributed by atoms with E-state index in [0.717, 1.165) is 5.56 Å². The number of aromatic nitrogens is 2. The number of sulfonamides is 1. The van der Waals surface area contributed by atoms with E-state index in [1.54, 1.807) is 12.1 Å². The highest BCUT2D eigenvalue weighted by atomic mass is 32.2. The van der Waals surface area contributed by atoms with Crippen molar-refractivity contribution in [1.29, 1.82) is 0 Å². The van der Waals surface area contributed by atoms with E-state index in [1.165, 1.54) is 29.0 Å². The van der Waals surface area contributed by atoms with Gasteiger partial charge in [0, 0.05) is 43.8 Å². The predicted molar refractivity (Wildman–Crippen MR) is 141 cm³/mol. The number of amides is 1. The van der Waals surface area contributed by atoms with Crippen molar-refractivity contribution in [1.82, 2.24) is 14.3 Å². The lowest BCUT2D eigenvalue weighted by molar-refractivity contribution is -0.125. The second-order valence-electron chi connectivity index (χ2n) is 9.96. The van der Waals surface area contributed by atoms with Crippen LogP contribution in [0.1, 0.15) is 54.5 Å². The van der Waals surface area contributed by atoms with Crippen molar-refractivity contribution >= 4 is 21.7 Å². The number of rotatable bonds is 6. The topological polar surface area (TPSA) is 101 Å². The number of hydrogen-bond donors (Lipinski definition) is 1. The summed E-state index contributed by atoms with van der Waals surface area (Å²) in [6, 6.07) is 13.6. The zero-order chi connectivity index (χ0) is 26.8. The number of halogens is 1. The van der Waals surface area contributed by atoms with Crippen LogP contribution in [0.4, 0.5) is 10.2 Å². The maximum absolute atomic E-state index is 15.6. The van der Waals surface area contributed by atoms with Crippen molar-refractivity contribution < 1.29 is 22.3 Å². The first-order valence-electron chi connectivity index (χ1n) is 12.8. The van der Waals surface area contributed by atoms with Crippen LogP contribution in [-0.2, 0) is 31.5 Å². The molecule has 8 nitrogen and oxygen atoms in total. The summed E-state index contributed by atoms with van der Waals surface area (Å²) in [5, 5.41) is 2.15. The lowest BCUT2D eigenvalue weighted by Crippen LogP contribution is -2.45. The van der Waals surface area contributed by atoms with Gasteiger partial charge in [0.05, 0.1) is 11.6 Å². The second kappa shape index (κ2) is 10.9. The zero-order valence-corrected chi connectivity index (χ0v) is 22.0. The number of benzene rings is 2. The molecule has 3 heterocycles. The molecule has 2 atom stereocenters. The summed E-state index contributed by atoms with van der Waals surface area (Å²) in [5.41, 5.74) is 0.545. The zero-order valence-electron chi connectivity index (χ0n) is 21.2. The number of ether oxygens (including phenoxy) is 1. The standard InChI is InChI=1S/C28H31FN4O4S/c1-20-7-10-25(21-5-3-2-4-6-21)38(35,36)33(20)19-22-8-9-23(17-24(22)29)28(11-15-37-16-12-28)27(34)32-26-18-30-13-14-31-26/h2-6,8-9,13-14,17-18,20,25H,7,10-12,15-16,19H2,1H3,(H,31,32,34)/t20-,25+/m1/s1. The highest BCUT2D eigenvalue weighted by Crippen LogP contribution is 2.40. The Morgan fingerprint density at radius 3 is 2.58 bits per heavy atom. The number of nitrogens with one attached hydrogen (secondary N) is 1. The minimum Gasteiger partial charge on any atom is -0.381 e. The summed E-state index contributed by atoms with van der Waals surface area (Å²) >= 11 is 0. The molecule has 1 aromatic heterocycles. The fourth-order valence-electron chi connectivity index (χ4n) is 5.46. The summed E-state index contributed by atoms with van der Waals surface area (Å²) < 4.78 is 49.7. The Morgan fingerprint density at radius 1 is 1.13 bits per heavy atom. The van der Waals surface area contributed by atoms with Gasteiger partial charge in [0.2, 0.25) is 15.9 Å². The van der Waals surface area contributed by atoms with Gasteiger partial charge in [0.25, 0.3) is 0 Å². The maximum Gasteiger partial charge on any atom is 0.236 e. The molecular weight excluding hydrogens is 507 g/mol.